The maximum atomic E-state index is 13.7. The molecule has 9 heteroatoms. The van der Waals surface area contributed by atoms with E-state index in [0.717, 1.165) is 11.1 Å². The Morgan fingerprint density at radius 3 is 2.39 bits per heavy atom. The molecule has 0 unspecified atom stereocenters. The summed E-state index contributed by atoms with van der Waals surface area (Å²) in [6.07, 6.45) is 1.67. The molecule has 1 aliphatic heterocycles. The molecule has 0 saturated heterocycles. The van der Waals surface area contributed by atoms with E-state index in [1.807, 2.05) is 61.5 Å². The molecule has 1 aromatic heterocycles. The number of carbonyl (C=O) groups is 1. The number of halogens is 2. The second-order valence-electron chi connectivity index (χ2n) is 8.71. The molecule has 1 atom stereocenters. The Morgan fingerprint density at radius 1 is 1.03 bits per heavy atom. The quantitative estimate of drug-likeness (QED) is 0.389. The highest BCUT2D eigenvalue weighted by Gasteiger charge is 2.32. The third-order valence-corrected chi connectivity index (χ3v) is 7.16. The Balaban J connectivity index is 1.60. The molecule has 0 radical (unpaired) electrons. The van der Waals surface area contributed by atoms with Gasteiger partial charge in [0.05, 0.1) is 21.8 Å². The molecule has 1 N–H and O–H groups in total. The molecular weight excluding hydrogens is 508 g/mol. The standard InChI is InChI=1S/C29H23F2N3O3S/c1-17-8-6-7-11-22(17)33-26(35)24-18(2)32-29-34(25(24)20-9-4-3-5-10-20)27(36)23(38-29)16-19-12-14-21(15-13-19)37-28(30)31/h3-16,25,28H,1-2H3,(H,33,35)/b23-16+/t25-/m0/s1. The molecule has 0 saturated carbocycles. The lowest BCUT2D eigenvalue weighted by Crippen LogP contribution is -2.40. The Labute approximate surface area is 220 Å². The average molecular weight is 532 g/mol. The summed E-state index contributed by atoms with van der Waals surface area (Å²) in [4.78, 5) is 32.4. The van der Waals surface area contributed by atoms with Crippen LogP contribution in [0, 0.1) is 6.92 Å². The van der Waals surface area contributed by atoms with Gasteiger partial charge in [-0.15, -0.1) is 0 Å². The van der Waals surface area contributed by atoms with Crippen molar-refractivity contribution in [2.75, 3.05) is 5.32 Å². The van der Waals surface area contributed by atoms with E-state index < -0.39 is 12.7 Å². The molecule has 0 aliphatic carbocycles. The van der Waals surface area contributed by atoms with Crippen LogP contribution in [0.2, 0.25) is 0 Å². The van der Waals surface area contributed by atoms with Crippen LogP contribution in [0.15, 0.2) is 99.9 Å². The van der Waals surface area contributed by atoms with Gasteiger partial charge < -0.3 is 10.1 Å². The topological polar surface area (TPSA) is 72.7 Å². The van der Waals surface area contributed by atoms with Crippen molar-refractivity contribution in [1.82, 2.24) is 4.57 Å². The van der Waals surface area contributed by atoms with E-state index in [1.165, 1.54) is 23.5 Å². The molecule has 0 spiro atoms. The Kier molecular flexibility index (Phi) is 7.02. The number of amides is 1. The lowest BCUT2D eigenvalue weighted by Gasteiger charge is -2.25. The number of aromatic nitrogens is 1. The van der Waals surface area contributed by atoms with Crippen LogP contribution in [0.4, 0.5) is 14.5 Å². The molecule has 38 heavy (non-hydrogen) atoms. The van der Waals surface area contributed by atoms with Gasteiger partial charge in [0, 0.05) is 5.69 Å². The molecule has 6 nitrogen and oxygen atoms in total. The van der Waals surface area contributed by atoms with Crippen LogP contribution in [0.5, 0.6) is 5.75 Å². The smallest absolute Gasteiger partial charge is 0.387 e. The number of anilines is 1. The minimum Gasteiger partial charge on any atom is -0.435 e. The van der Waals surface area contributed by atoms with Crippen molar-refractivity contribution >= 4 is 29.0 Å². The van der Waals surface area contributed by atoms with Gasteiger partial charge in [-0.3, -0.25) is 14.2 Å². The van der Waals surface area contributed by atoms with E-state index in [0.29, 0.717) is 31.9 Å². The number of thiazole rings is 1. The number of hydrogen-bond acceptors (Lipinski definition) is 5. The number of fused-ring (bicyclic) bond motifs is 1. The highest BCUT2D eigenvalue weighted by Crippen LogP contribution is 2.31. The van der Waals surface area contributed by atoms with Crippen molar-refractivity contribution in [3.05, 3.63) is 127 Å². The molecule has 0 fully saturated rings. The number of aryl methyl sites for hydroxylation is 1. The first-order chi connectivity index (χ1) is 18.3. The largest absolute Gasteiger partial charge is 0.435 e. The molecule has 5 rings (SSSR count). The van der Waals surface area contributed by atoms with Gasteiger partial charge in [0.1, 0.15) is 5.75 Å². The molecule has 4 aromatic rings. The molecule has 1 aliphatic rings. The van der Waals surface area contributed by atoms with Crippen molar-refractivity contribution < 1.29 is 18.3 Å². The fourth-order valence-corrected chi connectivity index (χ4v) is 5.41. The van der Waals surface area contributed by atoms with Gasteiger partial charge in [-0.2, -0.15) is 8.78 Å². The first-order valence-electron chi connectivity index (χ1n) is 11.8. The van der Waals surface area contributed by atoms with Crippen molar-refractivity contribution in [1.29, 1.82) is 0 Å². The number of alkyl halides is 2. The zero-order chi connectivity index (χ0) is 26.8. The average Bonchev–Trinajstić information content (AvgIpc) is 3.20. The molecule has 192 valence electrons. The lowest BCUT2D eigenvalue weighted by molar-refractivity contribution is -0.113. The second-order valence-corrected chi connectivity index (χ2v) is 9.72. The predicted molar refractivity (Wildman–Crippen MR) is 143 cm³/mol. The van der Waals surface area contributed by atoms with Crippen molar-refractivity contribution in [3.63, 3.8) is 0 Å². The summed E-state index contributed by atoms with van der Waals surface area (Å²) >= 11 is 1.21. The van der Waals surface area contributed by atoms with E-state index >= 15 is 0 Å². The number of para-hydroxylation sites is 1. The third-order valence-electron chi connectivity index (χ3n) is 6.18. The normalized spacial score (nSPS) is 15.3. The fraction of sp³-hybridized carbons (Fsp3) is 0.138. The number of nitrogens with zero attached hydrogens (tertiary/aromatic N) is 2. The fourth-order valence-electron chi connectivity index (χ4n) is 4.36. The number of benzene rings is 3. The number of nitrogens with one attached hydrogen (secondary N) is 1. The van der Waals surface area contributed by atoms with Gasteiger partial charge in [-0.05, 0) is 54.8 Å². The molecule has 1 amide bonds. The summed E-state index contributed by atoms with van der Waals surface area (Å²) in [5.41, 5.74) is 3.61. The van der Waals surface area contributed by atoms with Gasteiger partial charge in [0.25, 0.3) is 11.5 Å². The summed E-state index contributed by atoms with van der Waals surface area (Å²) in [6.45, 7) is 0.761. The van der Waals surface area contributed by atoms with Gasteiger partial charge in [0.15, 0.2) is 4.80 Å². The maximum absolute atomic E-state index is 13.7. The zero-order valence-corrected chi connectivity index (χ0v) is 21.3. The van der Waals surface area contributed by atoms with Crippen LogP contribution in [-0.2, 0) is 4.79 Å². The Bertz CT molecular complexity index is 1710. The molecule has 0 bridgehead atoms. The summed E-state index contributed by atoms with van der Waals surface area (Å²) in [7, 11) is 0. The molecule has 3 aromatic carbocycles. The van der Waals surface area contributed by atoms with Crippen LogP contribution < -0.4 is 24.9 Å². The number of hydrogen-bond donors (Lipinski definition) is 1. The van der Waals surface area contributed by atoms with Crippen LogP contribution in [0.3, 0.4) is 0 Å². The minimum atomic E-state index is -2.91. The number of allylic oxidation sites excluding steroid dienone is 1. The summed E-state index contributed by atoms with van der Waals surface area (Å²) in [6, 6.07) is 22.2. The first kappa shape index (κ1) is 25.3. The van der Waals surface area contributed by atoms with Gasteiger partial charge in [-0.1, -0.05) is 72.0 Å². The third kappa shape index (κ3) is 5.05. The summed E-state index contributed by atoms with van der Waals surface area (Å²) in [5.74, 6) is -0.305. The van der Waals surface area contributed by atoms with E-state index in [1.54, 1.807) is 29.7 Å². The summed E-state index contributed by atoms with van der Waals surface area (Å²) in [5, 5.41) is 2.98. The maximum Gasteiger partial charge on any atom is 0.387 e. The van der Waals surface area contributed by atoms with Gasteiger partial charge in [0.2, 0.25) is 0 Å². The number of ether oxygens (including phenoxy) is 1. The summed E-state index contributed by atoms with van der Waals surface area (Å²) < 4.78 is 31.3. The molecule has 2 heterocycles. The van der Waals surface area contributed by atoms with Crippen molar-refractivity contribution in [3.8, 4) is 5.75 Å². The zero-order valence-electron chi connectivity index (χ0n) is 20.5. The first-order valence-corrected chi connectivity index (χ1v) is 12.6. The van der Waals surface area contributed by atoms with Crippen LogP contribution in [-0.4, -0.2) is 17.1 Å². The van der Waals surface area contributed by atoms with Crippen LogP contribution >= 0.6 is 11.3 Å². The SMILES string of the molecule is CC1=C(C(=O)Nc2ccccc2C)[C@H](c2ccccc2)n2c(s/c(=C/c3ccc(OC(F)F)cc3)c2=O)=N1. The van der Waals surface area contributed by atoms with E-state index in [-0.39, 0.29) is 17.2 Å². The predicted octanol–water partition coefficient (Wildman–Crippen LogP) is 4.78. The van der Waals surface area contributed by atoms with Gasteiger partial charge >= 0.3 is 6.61 Å². The van der Waals surface area contributed by atoms with E-state index in [9.17, 15) is 18.4 Å². The van der Waals surface area contributed by atoms with Gasteiger partial charge in [-0.25, -0.2) is 4.99 Å². The van der Waals surface area contributed by atoms with Crippen LogP contribution in [0.25, 0.3) is 6.08 Å². The monoisotopic (exact) mass is 531 g/mol. The highest BCUT2D eigenvalue weighted by molar-refractivity contribution is 7.07. The minimum absolute atomic E-state index is 0.0302. The van der Waals surface area contributed by atoms with Crippen molar-refractivity contribution in [2.24, 2.45) is 4.99 Å². The Hall–Kier alpha value is -4.37. The number of rotatable bonds is 6. The highest BCUT2D eigenvalue weighted by atomic mass is 32.1. The molecular formula is C29H23F2N3O3S. The second kappa shape index (κ2) is 10.5. The number of carbonyl (C=O) groups excluding carboxylic acids is 1. The van der Waals surface area contributed by atoms with Crippen molar-refractivity contribution in [2.45, 2.75) is 26.5 Å². The van der Waals surface area contributed by atoms with E-state index in [4.69, 9.17) is 0 Å². The Morgan fingerprint density at radius 2 is 1.71 bits per heavy atom. The van der Waals surface area contributed by atoms with E-state index in [2.05, 4.69) is 15.0 Å². The van der Waals surface area contributed by atoms with Crippen LogP contribution in [0.1, 0.15) is 29.7 Å². The lowest BCUT2D eigenvalue weighted by atomic mass is 9.95.